The largest absolute Gasteiger partial charge is 0.307 e. The summed E-state index contributed by atoms with van der Waals surface area (Å²) in [5.74, 6) is 0.560. The van der Waals surface area contributed by atoms with E-state index < -0.39 is 6.17 Å². The number of nitrogens with one attached hydrogen (secondary N) is 1. The number of halogens is 1. The van der Waals surface area contributed by atoms with Crippen molar-refractivity contribution in [2.24, 2.45) is 0 Å². The summed E-state index contributed by atoms with van der Waals surface area (Å²) in [6.07, 6.45) is -0.0686. The van der Waals surface area contributed by atoms with E-state index in [-0.39, 0.29) is 6.04 Å². The molecule has 82 valence electrons. The van der Waals surface area contributed by atoms with Crippen molar-refractivity contribution in [1.82, 2.24) is 5.32 Å². The molecular formula is C13H18FN. The van der Waals surface area contributed by atoms with Crippen molar-refractivity contribution < 1.29 is 4.39 Å². The van der Waals surface area contributed by atoms with Crippen LogP contribution >= 0.6 is 0 Å². The summed E-state index contributed by atoms with van der Waals surface area (Å²) in [4.78, 5) is 0. The van der Waals surface area contributed by atoms with E-state index >= 15 is 0 Å². The van der Waals surface area contributed by atoms with Crippen LogP contribution in [0.3, 0.4) is 0 Å². The highest BCUT2D eigenvalue weighted by Crippen LogP contribution is 2.26. The third-order valence-corrected chi connectivity index (χ3v) is 3.08. The summed E-state index contributed by atoms with van der Waals surface area (Å²) in [6, 6.07) is 8.73. The van der Waals surface area contributed by atoms with Crippen molar-refractivity contribution >= 4 is 0 Å². The van der Waals surface area contributed by atoms with Gasteiger partial charge in [-0.1, -0.05) is 38.1 Å². The molecule has 0 bridgehead atoms. The van der Waals surface area contributed by atoms with E-state index in [1.807, 2.05) is 0 Å². The Hall–Kier alpha value is -0.890. The van der Waals surface area contributed by atoms with E-state index in [9.17, 15) is 4.39 Å². The molecule has 1 aromatic rings. The Morgan fingerprint density at radius 2 is 1.93 bits per heavy atom. The molecule has 1 heterocycles. The van der Waals surface area contributed by atoms with Gasteiger partial charge in [-0.05, 0) is 23.5 Å². The molecule has 1 saturated heterocycles. The average molecular weight is 207 g/mol. The lowest BCUT2D eigenvalue weighted by Crippen LogP contribution is -2.13. The fraction of sp³-hybridized carbons (Fsp3) is 0.538. The molecule has 0 spiro atoms. The van der Waals surface area contributed by atoms with Crippen molar-refractivity contribution in [2.45, 2.75) is 38.4 Å². The second-order valence-corrected chi connectivity index (χ2v) is 4.62. The molecule has 1 fully saturated rings. The number of rotatable bonds is 2. The van der Waals surface area contributed by atoms with Crippen LogP contribution in [0.4, 0.5) is 4.39 Å². The molecule has 0 saturated carbocycles. The van der Waals surface area contributed by atoms with Crippen LogP contribution in [-0.2, 0) is 0 Å². The second-order valence-electron chi connectivity index (χ2n) is 4.62. The molecule has 0 aromatic heterocycles. The van der Waals surface area contributed by atoms with Crippen LogP contribution in [0.25, 0.3) is 0 Å². The highest BCUT2D eigenvalue weighted by Gasteiger charge is 2.24. The third-order valence-electron chi connectivity index (χ3n) is 3.08. The molecular weight excluding hydrogens is 189 g/mol. The average Bonchev–Trinajstić information content (AvgIpc) is 2.65. The predicted octanol–water partition coefficient (Wildman–Crippen LogP) is 3.18. The van der Waals surface area contributed by atoms with E-state index in [0.717, 1.165) is 0 Å². The maximum atomic E-state index is 13.0. The summed E-state index contributed by atoms with van der Waals surface area (Å²) >= 11 is 0. The highest BCUT2D eigenvalue weighted by atomic mass is 19.1. The van der Waals surface area contributed by atoms with Crippen molar-refractivity contribution in [3.63, 3.8) is 0 Å². The lowest BCUT2D eigenvalue weighted by atomic mass is 9.98. The van der Waals surface area contributed by atoms with Gasteiger partial charge >= 0.3 is 0 Å². The van der Waals surface area contributed by atoms with Gasteiger partial charge in [-0.3, -0.25) is 0 Å². The van der Waals surface area contributed by atoms with Gasteiger partial charge in [-0.2, -0.15) is 0 Å². The number of benzene rings is 1. The molecule has 2 rings (SSSR count). The molecule has 0 aliphatic carbocycles. The Labute approximate surface area is 90.7 Å². The Morgan fingerprint density at radius 1 is 1.27 bits per heavy atom. The Balaban J connectivity index is 2.10. The Kier molecular flexibility index (Phi) is 3.06. The van der Waals surface area contributed by atoms with Crippen LogP contribution in [0.5, 0.6) is 0 Å². The topological polar surface area (TPSA) is 12.0 Å². The van der Waals surface area contributed by atoms with Gasteiger partial charge < -0.3 is 5.32 Å². The van der Waals surface area contributed by atoms with Crippen LogP contribution < -0.4 is 5.32 Å². The molecule has 1 aliphatic rings. The zero-order valence-corrected chi connectivity index (χ0v) is 9.33. The van der Waals surface area contributed by atoms with Crippen LogP contribution in [0.2, 0.25) is 0 Å². The van der Waals surface area contributed by atoms with Crippen molar-refractivity contribution in [3.05, 3.63) is 35.4 Å². The molecule has 2 atom stereocenters. The van der Waals surface area contributed by atoms with E-state index in [4.69, 9.17) is 0 Å². The van der Waals surface area contributed by atoms with Gasteiger partial charge in [0.25, 0.3) is 0 Å². The van der Waals surface area contributed by atoms with Gasteiger partial charge in [0.2, 0.25) is 0 Å². The van der Waals surface area contributed by atoms with E-state index in [1.54, 1.807) is 0 Å². The minimum Gasteiger partial charge on any atom is -0.307 e. The summed E-state index contributed by atoms with van der Waals surface area (Å²) in [5.41, 5.74) is 2.55. The van der Waals surface area contributed by atoms with Gasteiger partial charge in [0.1, 0.15) is 6.17 Å². The number of alkyl halides is 1. The fourth-order valence-corrected chi connectivity index (χ4v) is 2.06. The summed E-state index contributed by atoms with van der Waals surface area (Å²) in [5, 5.41) is 3.20. The van der Waals surface area contributed by atoms with Crippen LogP contribution in [-0.4, -0.2) is 12.7 Å². The number of hydrogen-bond donors (Lipinski definition) is 1. The fourth-order valence-electron chi connectivity index (χ4n) is 2.06. The highest BCUT2D eigenvalue weighted by molar-refractivity contribution is 5.27. The zero-order valence-electron chi connectivity index (χ0n) is 9.33. The summed E-state index contributed by atoms with van der Waals surface area (Å²) in [7, 11) is 0. The monoisotopic (exact) mass is 207 g/mol. The van der Waals surface area contributed by atoms with Gasteiger partial charge in [0.05, 0.1) is 0 Å². The van der Waals surface area contributed by atoms with E-state index in [2.05, 4.69) is 43.4 Å². The lowest BCUT2D eigenvalue weighted by molar-refractivity contribution is 0.356. The van der Waals surface area contributed by atoms with Gasteiger partial charge in [-0.15, -0.1) is 0 Å². The van der Waals surface area contributed by atoms with Crippen LogP contribution in [0.1, 0.15) is 43.4 Å². The SMILES string of the molecule is CC(C)c1ccc(C2CC(F)CN2)cc1. The zero-order chi connectivity index (χ0) is 10.8. The van der Waals surface area contributed by atoms with Crippen LogP contribution in [0.15, 0.2) is 24.3 Å². The van der Waals surface area contributed by atoms with Crippen molar-refractivity contribution in [3.8, 4) is 0 Å². The first kappa shape index (κ1) is 10.6. The minimum absolute atomic E-state index is 0.209. The van der Waals surface area contributed by atoms with E-state index in [1.165, 1.54) is 11.1 Å². The Bertz CT molecular complexity index is 318. The molecule has 1 nitrogen and oxygen atoms in total. The van der Waals surface area contributed by atoms with Gasteiger partial charge in [0.15, 0.2) is 0 Å². The summed E-state index contributed by atoms with van der Waals surface area (Å²) < 4.78 is 13.0. The summed E-state index contributed by atoms with van der Waals surface area (Å²) in [6.45, 7) is 4.86. The molecule has 2 heteroatoms. The van der Waals surface area contributed by atoms with Crippen LogP contribution in [0, 0.1) is 0 Å². The normalized spacial score (nSPS) is 26.1. The second kappa shape index (κ2) is 4.31. The quantitative estimate of drug-likeness (QED) is 0.785. The molecule has 1 aromatic carbocycles. The predicted molar refractivity (Wildman–Crippen MR) is 60.8 cm³/mol. The third kappa shape index (κ3) is 2.37. The first-order chi connectivity index (χ1) is 7.16. The molecule has 1 aliphatic heterocycles. The maximum absolute atomic E-state index is 13.0. The maximum Gasteiger partial charge on any atom is 0.114 e. The van der Waals surface area contributed by atoms with Gasteiger partial charge in [-0.25, -0.2) is 4.39 Å². The smallest absolute Gasteiger partial charge is 0.114 e. The Morgan fingerprint density at radius 3 is 2.40 bits per heavy atom. The number of hydrogen-bond acceptors (Lipinski definition) is 1. The molecule has 1 N–H and O–H groups in total. The molecule has 15 heavy (non-hydrogen) atoms. The van der Waals surface area contributed by atoms with Crippen molar-refractivity contribution in [2.75, 3.05) is 6.54 Å². The first-order valence-corrected chi connectivity index (χ1v) is 5.64. The van der Waals surface area contributed by atoms with E-state index in [0.29, 0.717) is 18.9 Å². The molecule has 0 amide bonds. The standard InChI is InChI=1S/C13H18FN/c1-9(2)10-3-5-11(6-4-10)13-7-12(14)8-15-13/h3-6,9,12-13,15H,7-8H2,1-2H3. The molecule has 0 radical (unpaired) electrons. The molecule has 2 unspecified atom stereocenters. The first-order valence-electron chi connectivity index (χ1n) is 5.64. The van der Waals surface area contributed by atoms with Crippen molar-refractivity contribution in [1.29, 1.82) is 0 Å². The lowest BCUT2D eigenvalue weighted by Gasteiger charge is -2.12. The van der Waals surface area contributed by atoms with Gasteiger partial charge in [0, 0.05) is 12.6 Å². The minimum atomic E-state index is -0.681.